The van der Waals surface area contributed by atoms with Gasteiger partial charge in [0.2, 0.25) is 11.8 Å². The van der Waals surface area contributed by atoms with E-state index in [2.05, 4.69) is 47.8 Å². The number of ether oxygens (including phenoxy) is 5. The zero-order chi connectivity index (χ0) is 66.4. The van der Waals surface area contributed by atoms with Gasteiger partial charge in [0.05, 0.1) is 51.9 Å². The van der Waals surface area contributed by atoms with Gasteiger partial charge in [0.25, 0.3) is 5.91 Å². The van der Waals surface area contributed by atoms with E-state index in [0.29, 0.717) is 52.6 Å². The van der Waals surface area contributed by atoms with E-state index in [0.717, 1.165) is 28.2 Å². The van der Waals surface area contributed by atoms with Gasteiger partial charge in [0.15, 0.2) is 11.5 Å². The third-order valence-corrected chi connectivity index (χ3v) is 19.1. The van der Waals surface area contributed by atoms with Crippen LogP contribution in [0.5, 0.6) is 0 Å². The van der Waals surface area contributed by atoms with E-state index < -0.39 is 120 Å². The van der Waals surface area contributed by atoms with Crippen LogP contribution >= 0.6 is 55.1 Å². The minimum Gasteiger partial charge on any atom is -0.462 e. The number of methoxy groups -OCH3 is 1. The molecule has 6 amide bonds. The average molecular weight is 1420 g/mol. The van der Waals surface area contributed by atoms with Gasteiger partial charge in [-0.05, 0) is 114 Å². The van der Waals surface area contributed by atoms with Crippen LogP contribution in [0.25, 0.3) is 0 Å². The second kappa shape index (κ2) is 33.2. The Kier molecular flexibility index (Phi) is 27.7. The number of primary amides is 1. The average Bonchev–Trinajstić information content (AvgIpc) is 1.60. The number of likely N-dealkylation sites (N-methyl/N-ethyl adjacent to an activating group) is 1. The Hall–Kier alpha value is -5.50. The molecule has 1 unspecified atom stereocenters. The van der Waals surface area contributed by atoms with Crippen molar-refractivity contribution in [2.24, 2.45) is 29.4 Å². The molecule has 3 aliphatic heterocycles. The number of halogens is 5. The zero-order valence-corrected chi connectivity index (χ0v) is 57.0. The molecule has 2 aromatic carbocycles. The van der Waals surface area contributed by atoms with Crippen molar-refractivity contribution in [1.82, 2.24) is 20.9 Å². The number of urea groups is 1. The standard InChI is InChI=1S/C63H85Br2Cl2FN6O15/c1-33(2)43(27-42(75)18-13-12-17-36(5)86-59(81)41(31-64)32-65)56(78)71-47(19-15-21-70-60(69)82)49(76)26-40-25-45(66)44(28-46(40)68)57(79)73(9)38(7)58(80)88-52-29-53(77)74(10)48-24-39(23-35(4)54(48)67)22-34(3)16-14-20-51(85-11)63(84)30-50(87-61(83)72-63)37(6)55-62(52,8)89-55/h14,16,20,23-25,28,33,36-38,41,43,47,50-52,55,84H,12-13,15,17-19,21-22,26-27,29-32H2,1-11H3,(H,71,78)(H,72,83)(H3,69,70,82)/b20-14+,34-16+/t36?,37-,38+,43+,47+,50+,51-,52+,55+,62+,63+/m1/s1. The lowest BCUT2D eigenvalue weighted by atomic mass is 9.83. The first-order valence-electron chi connectivity index (χ1n) is 29.8. The number of nitrogens with zero attached hydrogens (tertiary/aromatic N) is 2. The summed E-state index contributed by atoms with van der Waals surface area (Å²) < 4.78 is 45.7. The van der Waals surface area contributed by atoms with Gasteiger partial charge in [0, 0.05) is 75.9 Å². The molecule has 2 saturated heterocycles. The van der Waals surface area contributed by atoms with Crippen LogP contribution in [-0.2, 0) is 65.3 Å². The number of alkyl carbamates (subject to hydrolysis) is 1. The topological polar surface area (TPSA) is 292 Å². The van der Waals surface area contributed by atoms with Gasteiger partial charge in [0.1, 0.15) is 41.6 Å². The first kappa shape index (κ1) is 74.2. The SMILES string of the molecule is CO[C@@H]1/C=C/C=C(\C)Cc2cc(C)c(Cl)c(c2)N(C)C(=O)C[C@H](OC(=O)[C@H](C)N(C)C(=O)c2cc(F)c(CC(=O)[C@H](CCCNC(N)=O)NC(=O)[C@@H](CC(=O)CCCCC(C)OC(=O)C(CBr)CBr)C(C)C)cc2Cl)[C@]2(C)O[C@H]2[C@H](C)[C@@H]2C[C@@]1(O)NC(=O)O2. The van der Waals surface area contributed by atoms with Crippen LogP contribution in [0.2, 0.25) is 10.0 Å². The van der Waals surface area contributed by atoms with Crippen LogP contribution < -0.4 is 26.6 Å². The number of nitrogens with one attached hydrogen (secondary N) is 3. The van der Waals surface area contributed by atoms with E-state index >= 15 is 4.39 Å². The van der Waals surface area contributed by atoms with Crippen LogP contribution in [0.4, 0.5) is 19.7 Å². The van der Waals surface area contributed by atoms with Crippen LogP contribution in [0.15, 0.2) is 48.1 Å². The Morgan fingerprint density at radius 3 is 2.33 bits per heavy atom. The summed E-state index contributed by atoms with van der Waals surface area (Å²) in [7, 11) is 4.20. The number of alkyl halides is 2. The third-order valence-electron chi connectivity index (χ3n) is 16.8. The maximum absolute atomic E-state index is 16.3. The van der Waals surface area contributed by atoms with Gasteiger partial charge in [-0.25, -0.2) is 18.8 Å². The van der Waals surface area contributed by atoms with E-state index in [-0.39, 0.29) is 84.5 Å². The highest BCUT2D eigenvalue weighted by molar-refractivity contribution is 9.09. The number of amides is 6. The molecule has 26 heteroatoms. The smallest absolute Gasteiger partial charge is 0.409 e. The van der Waals surface area contributed by atoms with Crippen molar-refractivity contribution < 1.29 is 76.3 Å². The fourth-order valence-electron chi connectivity index (χ4n) is 11.0. The predicted molar refractivity (Wildman–Crippen MR) is 340 cm³/mol. The normalized spacial score (nSPS) is 24.3. The Labute approximate surface area is 547 Å². The summed E-state index contributed by atoms with van der Waals surface area (Å²) in [6.45, 7) is 13.8. The number of nitrogens with two attached hydrogens (primary N) is 1. The second-order valence-corrected chi connectivity index (χ2v) is 26.2. The molecule has 3 heterocycles. The summed E-state index contributed by atoms with van der Waals surface area (Å²) in [5.41, 5.74) is 4.13. The molecule has 492 valence electrons. The summed E-state index contributed by atoms with van der Waals surface area (Å²) in [5.74, 6) is -7.33. The highest BCUT2D eigenvalue weighted by Gasteiger charge is 2.64. The first-order chi connectivity index (χ1) is 41.8. The summed E-state index contributed by atoms with van der Waals surface area (Å²) in [6.07, 6.45) is 0.837. The van der Waals surface area contributed by atoms with Crippen LogP contribution in [0.1, 0.15) is 133 Å². The van der Waals surface area contributed by atoms with Crippen LogP contribution in [0.3, 0.4) is 0 Å². The Morgan fingerprint density at radius 1 is 1.00 bits per heavy atom. The second-order valence-electron chi connectivity index (χ2n) is 24.1. The molecule has 0 aliphatic carbocycles. The van der Waals surface area contributed by atoms with Crippen molar-refractivity contribution in [2.75, 3.05) is 43.3 Å². The van der Waals surface area contributed by atoms with Crippen molar-refractivity contribution in [3.63, 3.8) is 0 Å². The Balaban J connectivity index is 1.33. The number of epoxide rings is 1. The molecule has 0 radical (unpaired) electrons. The van der Waals surface area contributed by atoms with Gasteiger partial charge in [-0.15, -0.1) is 0 Å². The number of esters is 2. The maximum atomic E-state index is 16.3. The quantitative estimate of drug-likeness (QED) is 0.0193. The van der Waals surface area contributed by atoms with Crippen LogP contribution in [0, 0.1) is 36.4 Å². The first-order valence-corrected chi connectivity index (χ1v) is 32.8. The van der Waals surface area contributed by atoms with Crippen molar-refractivity contribution in [3.05, 3.63) is 86.2 Å². The molecular weight excluding hydrogens is 1330 g/mol. The monoisotopic (exact) mass is 1410 g/mol. The number of hydrogen-bond donors (Lipinski definition) is 5. The Morgan fingerprint density at radius 2 is 1.69 bits per heavy atom. The largest absolute Gasteiger partial charge is 0.462 e. The molecule has 0 saturated carbocycles. The van der Waals surface area contributed by atoms with Gasteiger partial charge in [-0.1, -0.05) is 106 Å². The van der Waals surface area contributed by atoms with E-state index in [1.54, 1.807) is 52.8 Å². The number of benzene rings is 2. The van der Waals surface area contributed by atoms with Crippen molar-refractivity contribution in [1.29, 1.82) is 0 Å². The van der Waals surface area contributed by atoms with Gasteiger partial charge >= 0.3 is 24.1 Å². The molecule has 6 N–H and O–H groups in total. The third kappa shape index (κ3) is 20.0. The summed E-state index contributed by atoms with van der Waals surface area (Å²) in [4.78, 5) is 124. The molecule has 2 fully saturated rings. The number of aryl methyl sites for hydroxylation is 1. The predicted octanol–water partition coefficient (Wildman–Crippen LogP) is 9.10. The minimum absolute atomic E-state index is 0.00921. The molecule has 4 bridgehead atoms. The molecule has 5 rings (SSSR count). The number of fused-ring (bicyclic) bond motifs is 5. The highest BCUT2D eigenvalue weighted by atomic mass is 79.9. The molecular formula is C63H85Br2Cl2FN6O15. The number of unbranched alkanes of at least 4 members (excludes halogenated alkanes) is 1. The fraction of sp³-hybridized carbons (Fsp3) is 0.603. The maximum Gasteiger partial charge on any atom is 0.409 e. The molecule has 0 aromatic heterocycles. The van der Waals surface area contributed by atoms with Gasteiger partial charge < -0.3 is 55.0 Å². The molecule has 21 nitrogen and oxygen atoms in total. The van der Waals surface area contributed by atoms with Crippen LogP contribution in [-0.4, -0.2) is 156 Å². The molecule has 2 aromatic rings. The number of allylic oxidation sites excluding steroid dienone is 3. The molecule has 0 spiro atoms. The number of anilines is 1. The Bertz CT molecular complexity index is 3010. The van der Waals surface area contributed by atoms with Gasteiger partial charge in [-0.3, -0.25) is 34.1 Å². The number of aliphatic hydroxyl groups is 1. The lowest BCUT2D eigenvalue weighted by molar-refractivity contribution is -0.158. The van der Waals surface area contributed by atoms with Crippen molar-refractivity contribution >= 4 is 114 Å². The number of Topliss-reactive ketones (excluding diaryl/α,β-unsaturated/α-hetero) is 2. The molecule has 89 heavy (non-hydrogen) atoms. The molecule has 11 atom stereocenters. The van der Waals surface area contributed by atoms with E-state index in [1.165, 1.54) is 33.0 Å². The van der Waals surface area contributed by atoms with Crippen molar-refractivity contribution in [2.45, 2.75) is 180 Å². The van der Waals surface area contributed by atoms with Crippen molar-refractivity contribution in [3.8, 4) is 0 Å². The highest BCUT2D eigenvalue weighted by Crippen LogP contribution is 2.49. The summed E-state index contributed by atoms with van der Waals surface area (Å²) in [6, 6.07) is 2.18. The van der Waals surface area contributed by atoms with E-state index in [1.807, 2.05) is 26.0 Å². The number of rotatable bonds is 26. The molecule has 3 aliphatic rings. The number of ketones is 2. The minimum atomic E-state index is -1.93. The lowest BCUT2D eigenvalue weighted by Crippen LogP contribution is -2.63. The number of carbonyl (C=O) groups excluding carboxylic acids is 9. The van der Waals surface area contributed by atoms with E-state index in [4.69, 9.17) is 52.6 Å². The number of carbonyl (C=O) groups is 9. The van der Waals surface area contributed by atoms with Gasteiger partial charge in [-0.2, -0.15) is 0 Å². The van der Waals surface area contributed by atoms with E-state index in [9.17, 15) is 48.3 Å². The fourth-order valence-corrected chi connectivity index (χ4v) is 13.1. The summed E-state index contributed by atoms with van der Waals surface area (Å²) >= 11 is 20.2. The zero-order valence-electron chi connectivity index (χ0n) is 52.3. The summed E-state index contributed by atoms with van der Waals surface area (Å²) in [5, 5.41) is 20.5. The lowest BCUT2D eigenvalue weighted by Gasteiger charge is -2.42. The number of hydrogen-bond acceptors (Lipinski definition) is 15.